The molecule has 1 aliphatic rings. The van der Waals surface area contributed by atoms with Crippen molar-refractivity contribution in [1.82, 2.24) is 15.1 Å². The molecule has 0 atom stereocenters. The van der Waals surface area contributed by atoms with Gasteiger partial charge < -0.3 is 10.2 Å². The summed E-state index contributed by atoms with van der Waals surface area (Å²) in [6.07, 6.45) is 3.97. The van der Waals surface area contributed by atoms with Gasteiger partial charge in [-0.1, -0.05) is 36.4 Å². The zero-order chi connectivity index (χ0) is 20.1. The molecular weight excluding hydrogens is 384 g/mol. The topological polar surface area (TPSA) is 67.2 Å². The number of nitrogens with one attached hydrogen (secondary N) is 1. The smallest absolute Gasteiger partial charge is 0.237 e. The van der Waals surface area contributed by atoms with Crippen LogP contribution in [0.5, 0.6) is 0 Å². The molecule has 1 N–H and O–H groups in total. The molecule has 2 heterocycles. The van der Waals surface area contributed by atoms with Crippen molar-refractivity contribution in [1.29, 1.82) is 0 Å². The number of thioether (sulfide) groups is 1. The van der Waals surface area contributed by atoms with Crippen LogP contribution >= 0.6 is 11.8 Å². The summed E-state index contributed by atoms with van der Waals surface area (Å²) >= 11 is 1.55. The lowest BCUT2D eigenvalue weighted by Gasteiger charge is -2.28. The summed E-state index contributed by atoms with van der Waals surface area (Å²) in [6, 6.07) is 17.8. The van der Waals surface area contributed by atoms with E-state index in [4.69, 9.17) is 0 Å². The van der Waals surface area contributed by atoms with Gasteiger partial charge in [0, 0.05) is 36.8 Å². The quantitative estimate of drug-likeness (QED) is 0.655. The Morgan fingerprint density at radius 3 is 2.66 bits per heavy atom. The van der Waals surface area contributed by atoms with Gasteiger partial charge in [0.2, 0.25) is 11.8 Å². The van der Waals surface area contributed by atoms with Gasteiger partial charge in [-0.3, -0.25) is 14.3 Å². The maximum absolute atomic E-state index is 12.3. The number of anilines is 1. The number of carbonyl (C=O) groups is 2. The third-order valence-electron chi connectivity index (χ3n) is 4.79. The molecule has 0 saturated carbocycles. The molecule has 2 amide bonds. The number of hydrogen-bond acceptors (Lipinski definition) is 4. The zero-order valence-electron chi connectivity index (χ0n) is 16.0. The third kappa shape index (κ3) is 4.86. The average Bonchev–Trinajstić information content (AvgIpc) is 3.25. The summed E-state index contributed by atoms with van der Waals surface area (Å²) in [6.45, 7) is 1.59. The molecule has 4 rings (SSSR count). The van der Waals surface area contributed by atoms with Crippen LogP contribution in [-0.4, -0.2) is 33.9 Å². The summed E-state index contributed by atoms with van der Waals surface area (Å²) in [5.74, 6) is 0.409. The van der Waals surface area contributed by atoms with Gasteiger partial charge in [-0.05, 0) is 29.3 Å². The van der Waals surface area contributed by atoms with Gasteiger partial charge in [-0.25, -0.2) is 0 Å². The zero-order valence-corrected chi connectivity index (χ0v) is 16.8. The van der Waals surface area contributed by atoms with Crippen molar-refractivity contribution in [2.24, 2.45) is 0 Å². The van der Waals surface area contributed by atoms with Crippen LogP contribution in [0.4, 0.5) is 5.69 Å². The van der Waals surface area contributed by atoms with E-state index in [9.17, 15) is 9.59 Å². The Kier molecular flexibility index (Phi) is 5.95. The van der Waals surface area contributed by atoms with Gasteiger partial charge in [-0.2, -0.15) is 5.10 Å². The first-order chi connectivity index (χ1) is 14.2. The number of nitrogens with zero attached hydrogens (tertiary/aromatic N) is 3. The number of para-hydroxylation sites is 1. The first-order valence-electron chi connectivity index (χ1n) is 9.53. The lowest BCUT2D eigenvalue weighted by molar-refractivity contribution is -0.121. The Morgan fingerprint density at radius 2 is 1.86 bits per heavy atom. The second-order valence-corrected chi connectivity index (χ2v) is 7.87. The molecule has 0 radical (unpaired) electrons. The van der Waals surface area contributed by atoms with Crippen LogP contribution < -0.4 is 10.2 Å². The summed E-state index contributed by atoms with van der Waals surface area (Å²) in [4.78, 5) is 27.4. The molecular formula is C22H22N4O2S. The van der Waals surface area contributed by atoms with Crippen molar-refractivity contribution in [2.75, 3.05) is 17.2 Å². The van der Waals surface area contributed by atoms with Crippen LogP contribution in [0.3, 0.4) is 0 Å². The third-order valence-corrected chi connectivity index (χ3v) is 5.83. The van der Waals surface area contributed by atoms with E-state index in [0.717, 1.165) is 28.3 Å². The van der Waals surface area contributed by atoms with Crippen LogP contribution in [0.1, 0.15) is 17.5 Å². The van der Waals surface area contributed by atoms with Crippen molar-refractivity contribution in [3.05, 3.63) is 78.1 Å². The number of benzene rings is 2. The highest BCUT2D eigenvalue weighted by Gasteiger charge is 2.24. The highest BCUT2D eigenvalue weighted by molar-refractivity contribution is 8.00. The largest absolute Gasteiger partial charge is 0.352 e. The fourth-order valence-corrected chi connectivity index (χ4v) is 4.18. The summed E-state index contributed by atoms with van der Waals surface area (Å²) in [7, 11) is 0. The van der Waals surface area contributed by atoms with E-state index in [2.05, 4.69) is 10.4 Å². The second kappa shape index (κ2) is 8.96. The number of carbonyl (C=O) groups excluding carboxylic acids is 2. The lowest BCUT2D eigenvalue weighted by Crippen LogP contribution is -2.38. The molecule has 29 heavy (non-hydrogen) atoms. The monoisotopic (exact) mass is 406 g/mol. The van der Waals surface area contributed by atoms with Gasteiger partial charge >= 0.3 is 0 Å². The maximum atomic E-state index is 12.3. The standard InChI is InChI=1S/C22H22N4O2S/c27-21(10-13-26-19-4-1-2-5-20(19)29-16-22(26)28)23-14-17-6-8-18(9-7-17)15-25-12-3-11-24-25/h1-9,11-12H,10,13-16H2,(H,23,27). The highest BCUT2D eigenvalue weighted by atomic mass is 32.2. The predicted octanol–water partition coefficient (Wildman–Crippen LogP) is 3.08. The van der Waals surface area contributed by atoms with Crippen LogP contribution in [0.2, 0.25) is 0 Å². The molecule has 7 heteroatoms. The first kappa shape index (κ1) is 19.3. The van der Waals surface area contributed by atoms with E-state index in [1.807, 2.05) is 65.5 Å². The Hall–Kier alpha value is -3.06. The van der Waals surface area contributed by atoms with E-state index in [1.54, 1.807) is 22.9 Å². The van der Waals surface area contributed by atoms with Crippen molar-refractivity contribution >= 4 is 29.3 Å². The molecule has 0 spiro atoms. The van der Waals surface area contributed by atoms with E-state index in [-0.39, 0.29) is 18.2 Å². The van der Waals surface area contributed by atoms with Gasteiger partial charge in [0.1, 0.15) is 0 Å². The Labute approximate surface area is 173 Å². The van der Waals surface area contributed by atoms with E-state index in [0.29, 0.717) is 18.8 Å². The minimum absolute atomic E-state index is 0.0503. The minimum Gasteiger partial charge on any atom is -0.352 e. The first-order valence-corrected chi connectivity index (χ1v) is 10.5. The molecule has 0 fully saturated rings. The van der Waals surface area contributed by atoms with Crippen molar-refractivity contribution in [3.63, 3.8) is 0 Å². The van der Waals surface area contributed by atoms with E-state index in [1.165, 1.54) is 0 Å². The summed E-state index contributed by atoms with van der Waals surface area (Å²) in [5.41, 5.74) is 3.09. The normalized spacial score (nSPS) is 13.2. The van der Waals surface area contributed by atoms with Gasteiger partial charge in [-0.15, -0.1) is 11.8 Å². The molecule has 1 aliphatic heterocycles. The summed E-state index contributed by atoms with van der Waals surface area (Å²) < 4.78 is 1.87. The fraction of sp³-hybridized carbons (Fsp3) is 0.227. The molecule has 3 aromatic rings. The number of aromatic nitrogens is 2. The van der Waals surface area contributed by atoms with Crippen LogP contribution in [0, 0.1) is 0 Å². The minimum atomic E-state index is -0.0610. The summed E-state index contributed by atoms with van der Waals surface area (Å²) in [5, 5.41) is 7.14. The van der Waals surface area contributed by atoms with Crippen molar-refractivity contribution < 1.29 is 9.59 Å². The predicted molar refractivity (Wildman–Crippen MR) is 114 cm³/mol. The fourth-order valence-electron chi connectivity index (χ4n) is 3.25. The Bertz CT molecular complexity index is 986. The molecule has 0 bridgehead atoms. The van der Waals surface area contributed by atoms with Crippen LogP contribution in [0.15, 0.2) is 71.9 Å². The molecule has 0 saturated heterocycles. The Morgan fingerprint density at radius 1 is 1.07 bits per heavy atom. The number of amides is 2. The molecule has 1 aromatic heterocycles. The van der Waals surface area contributed by atoms with Crippen molar-refractivity contribution in [2.45, 2.75) is 24.4 Å². The molecule has 2 aromatic carbocycles. The molecule has 0 unspecified atom stereocenters. The molecule has 6 nitrogen and oxygen atoms in total. The SMILES string of the molecule is O=C(CCN1C(=O)CSc2ccccc21)NCc1ccc(Cn2cccn2)cc1. The lowest BCUT2D eigenvalue weighted by atomic mass is 10.1. The van der Waals surface area contributed by atoms with Gasteiger partial charge in [0.25, 0.3) is 0 Å². The van der Waals surface area contributed by atoms with Gasteiger partial charge in [0.05, 0.1) is 18.0 Å². The van der Waals surface area contributed by atoms with E-state index >= 15 is 0 Å². The average molecular weight is 407 g/mol. The number of hydrogen-bond donors (Lipinski definition) is 1. The molecule has 0 aliphatic carbocycles. The number of fused-ring (bicyclic) bond motifs is 1. The van der Waals surface area contributed by atoms with Crippen LogP contribution in [0.25, 0.3) is 0 Å². The number of rotatable bonds is 7. The molecule has 148 valence electrons. The van der Waals surface area contributed by atoms with Crippen LogP contribution in [-0.2, 0) is 22.7 Å². The maximum Gasteiger partial charge on any atom is 0.237 e. The second-order valence-electron chi connectivity index (χ2n) is 6.85. The Balaban J connectivity index is 1.27. The van der Waals surface area contributed by atoms with Crippen molar-refractivity contribution in [3.8, 4) is 0 Å². The van der Waals surface area contributed by atoms with Gasteiger partial charge in [0.15, 0.2) is 0 Å². The highest BCUT2D eigenvalue weighted by Crippen LogP contribution is 2.34. The van der Waals surface area contributed by atoms with E-state index < -0.39 is 0 Å².